The second-order valence-corrected chi connectivity index (χ2v) is 6.62. The van der Waals surface area contributed by atoms with Gasteiger partial charge in [-0.3, -0.25) is 0 Å². The van der Waals surface area contributed by atoms with Crippen molar-refractivity contribution in [3.63, 3.8) is 0 Å². The average Bonchev–Trinajstić information content (AvgIpc) is 3.39. The molecule has 0 unspecified atom stereocenters. The number of halogens is 1. The second kappa shape index (κ2) is 7.28. The fourth-order valence-corrected chi connectivity index (χ4v) is 3.05. The summed E-state index contributed by atoms with van der Waals surface area (Å²) in [6.07, 6.45) is 10.3. The first-order valence-electron chi connectivity index (χ1n) is 9.13. The van der Waals surface area contributed by atoms with Gasteiger partial charge in [-0.25, -0.2) is 23.9 Å². The zero-order valence-electron chi connectivity index (χ0n) is 15.9. The molecule has 5 aromatic rings. The molecule has 0 aliphatic rings. The van der Waals surface area contributed by atoms with Crippen molar-refractivity contribution in [1.82, 2.24) is 29.1 Å². The van der Waals surface area contributed by atoms with Gasteiger partial charge in [-0.2, -0.15) is 5.10 Å². The molecule has 148 valence electrons. The van der Waals surface area contributed by atoms with E-state index in [9.17, 15) is 4.39 Å². The number of fused-ring (bicyclic) bond motifs is 1. The van der Waals surface area contributed by atoms with E-state index in [4.69, 9.17) is 4.74 Å². The van der Waals surface area contributed by atoms with E-state index in [2.05, 4.69) is 25.4 Å². The number of aromatic nitrogens is 6. The fourth-order valence-electron chi connectivity index (χ4n) is 3.05. The first-order valence-corrected chi connectivity index (χ1v) is 9.13. The fraction of sp³-hybridized carbons (Fsp3) is 0.0476. The highest BCUT2D eigenvalue weighted by molar-refractivity contribution is 5.69. The van der Waals surface area contributed by atoms with E-state index in [0.29, 0.717) is 22.9 Å². The molecule has 1 N–H and O–H groups in total. The molecular weight excluding hydrogens is 385 g/mol. The van der Waals surface area contributed by atoms with E-state index in [1.54, 1.807) is 53.7 Å². The molecule has 0 spiro atoms. The Bertz CT molecular complexity index is 1330. The molecule has 4 heterocycles. The second-order valence-electron chi connectivity index (χ2n) is 6.62. The summed E-state index contributed by atoms with van der Waals surface area (Å²) in [5.74, 6) is 0.434. The molecule has 0 radical (unpaired) electrons. The highest BCUT2D eigenvalue weighted by Gasteiger charge is 2.13. The van der Waals surface area contributed by atoms with Gasteiger partial charge in [0.25, 0.3) is 0 Å². The molecule has 0 amide bonds. The molecular formula is C21H16FN7O. The molecule has 5 rings (SSSR count). The van der Waals surface area contributed by atoms with Crippen molar-refractivity contribution < 1.29 is 9.13 Å². The number of nitrogens with zero attached hydrogens (tertiary/aromatic N) is 6. The van der Waals surface area contributed by atoms with Gasteiger partial charge in [-0.1, -0.05) is 0 Å². The van der Waals surface area contributed by atoms with Gasteiger partial charge in [0.15, 0.2) is 17.3 Å². The Hall–Kier alpha value is -4.27. The maximum Gasteiger partial charge on any atom is 0.227 e. The minimum absolute atomic E-state index is 0.0933. The van der Waals surface area contributed by atoms with Crippen molar-refractivity contribution in [2.24, 2.45) is 7.05 Å². The Morgan fingerprint density at radius 3 is 2.60 bits per heavy atom. The number of rotatable bonds is 5. The summed E-state index contributed by atoms with van der Waals surface area (Å²) < 4.78 is 24.2. The van der Waals surface area contributed by atoms with Crippen LogP contribution in [0, 0.1) is 5.82 Å². The SMILES string of the molecule is Cn1cnc(-c2cc(Oc3ccc(Nc4ncccn4)cc3F)c3ccnn3c2)c1. The smallest absolute Gasteiger partial charge is 0.227 e. The summed E-state index contributed by atoms with van der Waals surface area (Å²) in [7, 11) is 1.89. The van der Waals surface area contributed by atoms with Gasteiger partial charge in [0.05, 0.1) is 18.2 Å². The maximum atomic E-state index is 14.7. The minimum atomic E-state index is -0.517. The molecule has 4 aromatic heterocycles. The molecule has 0 aliphatic heterocycles. The lowest BCUT2D eigenvalue weighted by atomic mass is 10.2. The molecule has 0 saturated heterocycles. The quantitative estimate of drug-likeness (QED) is 0.475. The Morgan fingerprint density at radius 1 is 0.967 bits per heavy atom. The third-order valence-electron chi connectivity index (χ3n) is 4.45. The first kappa shape index (κ1) is 17.8. The number of benzene rings is 1. The lowest BCUT2D eigenvalue weighted by molar-refractivity contribution is 0.445. The third-order valence-corrected chi connectivity index (χ3v) is 4.45. The lowest BCUT2D eigenvalue weighted by Crippen LogP contribution is -1.98. The molecule has 0 saturated carbocycles. The molecule has 0 fully saturated rings. The van der Waals surface area contributed by atoms with Crippen LogP contribution in [0.2, 0.25) is 0 Å². The number of hydrogen-bond donors (Lipinski definition) is 1. The van der Waals surface area contributed by atoms with Crippen LogP contribution < -0.4 is 10.1 Å². The lowest BCUT2D eigenvalue weighted by Gasteiger charge is -2.11. The summed E-state index contributed by atoms with van der Waals surface area (Å²) in [5, 5.41) is 7.23. The summed E-state index contributed by atoms with van der Waals surface area (Å²) >= 11 is 0. The molecule has 0 atom stereocenters. The van der Waals surface area contributed by atoms with E-state index in [1.165, 1.54) is 6.07 Å². The molecule has 30 heavy (non-hydrogen) atoms. The van der Waals surface area contributed by atoms with E-state index in [-0.39, 0.29) is 5.75 Å². The highest BCUT2D eigenvalue weighted by atomic mass is 19.1. The van der Waals surface area contributed by atoms with Gasteiger partial charge < -0.3 is 14.6 Å². The first-order chi connectivity index (χ1) is 14.7. The van der Waals surface area contributed by atoms with Crippen LogP contribution in [0.3, 0.4) is 0 Å². The number of anilines is 2. The normalized spacial score (nSPS) is 11.0. The summed E-state index contributed by atoms with van der Waals surface area (Å²) in [4.78, 5) is 12.5. The topological polar surface area (TPSA) is 82.2 Å². The van der Waals surface area contributed by atoms with E-state index in [0.717, 1.165) is 11.3 Å². The van der Waals surface area contributed by atoms with Crippen LogP contribution in [0.15, 0.2) is 73.7 Å². The van der Waals surface area contributed by atoms with Crippen LogP contribution in [0.4, 0.5) is 16.0 Å². The van der Waals surface area contributed by atoms with Gasteiger partial charge in [0.2, 0.25) is 5.95 Å². The highest BCUT2D eigenvalue weighted by Crippen LogP contribution is 2.33. The number of pyridine rings is 1. The Balaban J connectivity index is 1.47. The number of nitrogens with one attached hydrogen (secondary N) is 1. The van der Waals surface area contributed by atoms with E-state index < -0.39 is 5.82 Å². The predicted octanol–water partition coefficient (Wildman–Crippen LogP) is 4.20. The summed E-state index contributed by atoms with van der Waals surface area (Å²) in [6, 6.07) is 9.92. The van der Waals surface area contributed by atoms with Crippen LogP contribution in [-0.4, -0.2) is 29.1 Å². The number of aryl methyl sites for hydroxylation is 1. The van der Waals surface area contributed by atoms with Crippen molar-refractivity contribution in [2.75, 3.05) is 5.32 Å². The van der Waals surface area contributed by atoms with Gasteiger partial charge in [-0.05, 0) is 30.3 Å². The average molecular weight is 401 g/mol. The monoisotopic (exact) mass is 401 g/mol. The van der Waals surface area contributed by atoms with Gasteiger partial charge >= 0.3 is 0 Å². The molecule has 9 heteroatoms. The third kappa shape index (κ3) is 3.44. The molecule has 0 aliphatic carbocycles. The van der Waals surface area contributed by atoms with Crippen LogP contribution in [0.1, 0.15) is 0 Å². The molecule has 8 nitrogen and oxygen atoms in total. The standard InChI is InChI=1S/C21H16FN7O/c1-28-12-17(25-13-28)14-9-20(18-5-8-26-29(18)11-14)30-19-4-3-15(10-16(19)22)27-21-23-6-2-7-24-21/h2-13H,1H3,(H,23,24,27). The Morgan fingerprint density at radius 2 is 1.83 bits per heavy atom. The van der Waals surface area contributed by atoms with Crippen molar-refractivity contribution in [3.8, 4) is 22.8 Å². The summed E-state index contributed by atoms with van der Waals surface area (Å²) in [6.45, 7) is 0. The van der Waals surface area contributed by atoms with Crippen molar-refractivity contribution in [2.45, 2.75) is 0 Å². The predicted molar refractivity (Wildman–Crippen MR) is 109 cm³/mol. The molecule has 0 bridgehead atoms. The van der Waals surface area contributed by atoms with Gasteiger partial charge in [0, 0.05) is 49.2 Å². The zero-order chi connectivity index (χ0) is 20.5. The van der Waals surface area contributed by atoms with Gasteiger partial charge in [-0.15, -0.1) is 0 Å². The van der Waals surface area contributed by atoms with Crippen molar-refractivity contribution in [1.29, 1.82) is 0 Å². The van der Waals surface area contributed by atoms with Crippen molar-refractivity contribution in [3.05, 3.63) is 79.5 Å². The zero-order valence-corrected chi connectivity index (χ0v) is 15.9. The van der Waals surface area contributed by atoms with E-state index in [1.807, 2.05) is 30.1 Å². The number of ether oxygens (including phenoxy) is 1. The van der Waals surface area contributed by atoms with E-state index >= 15 is 0 Å². The number of hydrogen-bond acceptors (Lipinski definition) is 6. The summed E-state index contributed by atoms with van der Waals surface area (Å²) in [5.41, 5.74) is 2.81. The van der Waals surface area contributed by atoms with Crippen molar-refractivity contribution >= 4 is 17.2 Å². The molecule has 1 aromatic carbocycles. The Kier molecular flexibility index (Phi) is 4.32. The minimum Gasteiger partial charge on any atom is -0.452 e. The van der Waals surface area contributed by atoms with Crippen LogP contribution in [0.25, 0.3) is 16.8 Å². The van der Waals surface area contributed by atoms with Crippen LogP contribution >= 0.6 is 0 Å². The number of imidazole rings is 1. The van der Waals surface area contributed by atoms with Gasteiger partial charge in [0.1, 0.15) is 5.52 Å². The van der Waals surface area contributed by atoms with Crippen LogP contribution in [-0.2, 0) is 7.05 Å². The largest absolute Gasteiger partial charge is 0.452 e. The Labute approximate surface area is 170 Å². The maximum absolute atomic E-state index is 14.7. The van der Waals surface area contributed by atoms with Crippen LogP contribution in [0.5, 0.6) is 11.5 Å².